The van der Waals surface area contributed by atoms with E-state index >= 15 is 0 Å². The van der Waals surface area contributed by atoms with E-state index in [1.165, 1.54) is 24.1 Å². The van der Waals surface area contributed by atoms with Crippen LogP contribution in [0.15, 0.2) is 42.5 Å². The Morgan fingerprint density at radius 3 is 2.75 bits per heavy atom. The third-order valence-corrected chi connectivity index (χ3v) is 5.26. The molecule has 1 aliphatic heterocycles. The number of rotatable bonds is 6. The van der Waals surface area contributed by atoms with Gasteiger partial charge in [0.15, 0.2) is 11.6 Å². The lowest BCUT2D eigenvalue weighted by Gasteiger charge is -2.22. The van der Waals surface area contributed by atoms with Crippen molar-refractivity contribution in [3.05, 3.63) is 64.4 Å². The van der Waals surface area contributed by atoms with Gasteiger partial charge in [-0.05, 0) is 29.3 Å². The van der Waals surface area contributed by atoms with Crippen molar-refractivity contribution in [2.75, 3.05) is 20.7 Å². The largest absolute Gasteiger partial charge is 0.494 e. The average molecular weight is 405 g/mol. The molecule has 1 saturated heterocycles. The molecule has 0 unspecified atom stereocenters. The van der Waals surface area contributed by atoms with Crippen LogP contribution in [0.25, 0.3) is 0 Å². The number of hydrogen-bond donors (Lipinski definition) is 0. The molecule has 2 amide bonds. The maximum Gasteiger partial charge on any atom is 0.228 e. The summed E-state index contributed by atoms with van der Waals surface area (Å²) in [5, 5.41) is 0.601. The van der Waals surface area contributed by atoms with Crippen molar-refractivity contribution < 1.29 is 18.7 Å². The van der Waals surface area contributed by atoms with Gasteiger partial charge in [-0.25, -0.2) is 4.39 Å². The molecule has 0 bridgehead atoms. The standard InChI is InChI=1S/C21H22ClFN2O3/c1-24(11-14-7-8-19(28-2)18(23)9-14)21(27)16-10-20(26)25(13-16)12-15-5-3-4-6-17(15)22/h3-9,16H,10-13H2,1-2H3/t16-/m0/s1. The monoisotopic (exact) mass is 404 g/mol. The third kappa shape index (κ3) is 4.44. The van der Waals surface area contributed by atoms with Gasteiger partial charge in [0.05, 0.1) is 13.0 Å². The van der Waals surface area contributed by atoms with E-state index in [2.05, 4.69) is 0 Å². The molecule has 7 heteroatoms. The van der Waals surface area contributed by atoms with Gasteiger partial charge < -0.3 is 14.5 Å². The van der Waals surface area contributed by atoms with Crippen LogP contribution in [0.5, 0.6) is 5.75 Å². The minimum atomic E-state index is -0.470. The Hall–Kier alpha value is -2.60. The number of ether oxygens (including phenoxy) is 1. The molecule has 3 rings (SSSR count). The van der Waals surface area contributed by atoms with Crippen molar-refractivity contribution in [2.24, 2.45) is 5.92 Å². The van der Waals surface area contributed by atoms with Crippen LogP contribution in [-0.4, -0.2) is 42.3 Å². The lowest BCUT2D eigenvalue weighted by Crippen LogP contribution is -2.34. The van der Waals surface area contributed by atoms with Crippen LogP contribution in [-0.2, 0) is 22.7 Å². The van der Waals surface area contributed by atoms with E-state index in [1.54, 1.807) is 24.1 Å². The Bertz CT molecular complexity index is 890. The number of carbonyl (C=O) groups excluding carboxylic acids is 2. The highest BCUT2D eigenvalue weighted by atomic mass is 35.5. The zero-order chi connectivity index (χ0) is 20.3. The summed E-state index contributed by atoms with van der Waals surface area (Å²) in [7, 11) is 3.06. The van der Waals surface area contributed by atoms with Crippen LogP contribution >= 0.6 is 11.6 Å². The van der Waals surface area contributed by atoms with E-state index in [1.807, 2.05) is 18.2 Å². The highest BCUT2D eigenvalue weighted by molar-refractivity contribution is 6.31. The second kappa shape index (κ2) is 8.61. The summed E-state index contributed by atoms with van der Waals surface area (Å²) < 4.78 is 18.8. The lowest BCUT2D eigenvalue weighted by molar-refractivity contribution is -0.135. The Morgan fingerprint density at radius 1 is 1.32 bits per heavy atom. The van der Waals surface area contributed by atoms with Gasteiger partial charge in [-0.2, -0.15) is 0 Å². The SMILES string of the molecule is COc1ccc(CN(C)C(=O)[C@H]2CC(=O)N(Cc3ccccc3Cl)C2)cc1F. The van der Waals surface area contributed by atoms with E-state index in [-0.39, 0.29) is 30.5 Å². The molecule has 2 aromatic rings. The van der Waals surface area contributed by atoms with Gasteiger partial charge in [0.25, 0.3) is 0 Å². The molecule has 28 heavy (non-hydrogen) atoms. The van der Waals surface area contributed by atoms with Crippen LogP contribution in [0.2, 0.25) is 5.02 Å². The molecule has 2 aromatic carbocycles. The smallest absolute Gasteiger partial charge is 0.228 e. The Kier molecular flexibility index (Phi) is 6.19. The average Bonchev–Trinajstić information content (AvgIpc) is 3.03. The van der Waals surface area contributed by atoms with Crippen molar-refractivity contribution in [3.63, 3.8) is 0 Å². The highest BCUT2D eigenvalue weighted by Crippen LogP contribution is 2.25. The maximum absolute atomic E-state index is 13.9. The molecule has 0 saturated carbocycles. The van der Waals surface area contributed by atoms with Crippen molar-refractivity contribution in [1.29, 1.82) is 0 Å². The molecule has 1 aliphatic rings. The number of nitrogens with zero attached hydrogens (tertiary/aromatic N) is 2. The molecular weight excluding hydrogens is 383 g/mol. The Balaban J connectivity index is 1.62. The molecule has 0 aromatic heterocycles. The summed E-state index contributed by atoms with van der Waals surface area (Å²) >= 11 is 6.17. The molecule has 1 heterocycles. The first kappa shape index (κ1) is 20.1. The number of likely N-dealkylation sites (tertiary alicyclic amines) is 1. The molecule has 0 N–H and O–H groups in total. The van der Waals surface area contributed by atoms with Gasteiger partial charge in [0, 0.05) is 38.1 Å². The number of halogens is 2. The van der Waals surface area contributed by atoms with Crippen LogP contribution < -0.4 is 4.74 Å². The first-order valence-corrected chi connectivity index (χ1v) is 9.35. The van der Waals surface area contributed by atoms with Crippen molar-refractivity contribution in [2.45, 2.75) is 19.5 Å². The predicted octanol–water partition coefficient (Wildman–Crippen LogP) is 3.49. The number of benzene rings is 2. The summed E-state index contributed by atoms with van der Waals surface area (Å²) in [6.07, 6.45) is 0.171. The number of hydrogen-bond acceptors (Lipinski definition) is 3. The minimum absolute atomic E-state index is 0.0674. The summed E-state index contributed by atoms with van der Waals surface area (Å²) in [5.74, 6) is -0.923. The first-order valence-electron chi connectivity index (χ1n) is 8.97. The lowest BCUT2D eigenvalue weighted by atomic mass is 10.1. The number of amides is 2. The van der Waals surface area contributed by atoms with Crippen molar-refractivity contribution in [1.82, 2.24) is 9.80 Å². The van der Waals surface area contributed by atoms with Crippen LogP contribution in [0.4, 0.5) is 4.39 Å². The topological polar surface area (TPSA) is 49.9 Å². The van der Waals surface area contributed by atoms with Crippen LogP contribution in [0, 0.1) is 11.7 Å². The van der Waals surface area contributed by atoms with Gasteiger partial charge in [0.1, 0.15) is 0 Å². The summed E-state index contributed by atoms with van der Waals surface area (Å²) in [6.45, 7) is 0.995. The molecule has 148 valence electrons. The maximum atomic E-state index is 13.9. The van der Waals surface area contributed by atoms with Crippen molar-refractivity contribution >= 4 is 23.4 Å². The fourth-order valence-corrected chi connectivity index (χ4v) is 3.59. The molecule has 0 aliphatic carbocycles. The second-order valence-corrected chi connectivity index (χ2v) is 7.34. The van der Waals surface area contributed by atoms with E-state index in [0.29, 0.717) is 23.7 Å². The summed E-state index contributed by atoms with van der Waals surface area (Å²) in [4.78, 5) is 28.3. The zero-order valence-electron chi connectivity index (χ0n) is 15.8. The predicted molar refractivity (Wildman–Crippen MR) is 104 cm³/mol. The third-order valence-electron chi connectivity index (χ3n) is 4.89. The highest BCUT2D eigenvalue weighted by Gasteiger charge is 2.35. The number of carbonyl (C=O) groups is 2. The normalized spacial score (nSPS) is 16.4. The van der Waals surface area contributed by atoms with Gasteiger partial charge in [-0.3, -0.25) is 9.59 Å². The first-order chi connectivity index (χ1) is 13.4. The van der Waals surface area contributed by atoms with Gasteiger partial charge in [-0.1, -0.05) is 35.9 Å². The van der Waals surface area contributed by atoms with Gasteiger partial charge in [-0.15, -0.1) is 0 Å². The molecule has 1 fully saturated rings. The Labute approximate surface area is 168 Å². The van der Waals surface area contributed by atoms with E-state index in [0.717, 1.165) is 5.56 Å². The van der Waals surface area contributed by atoms with Crippen LogP contribution in [0.3, 0.4) is 0 Å². The quantitative estimate of drug-likeness (QED) is 0.740. The van der Waals surface area contributed by atoms with E-state index < -0.39 is 11.7 Å². The second-order valence-electron chi connectivity index (χ2n) is 6.93. The zero-order valence-corrected chi connectivity index (χ0v) is 16.6. The van der Waals surface area contributed by atoms with Crippen molar-refractivity contribution in [3.8, 4) is 5.75 Å². The molecule has 0 radical (unpaired) electrons. The fraction of sp³-hybridized carbons (Fsp3) is 0.333. The fourth-order valence-electron chi connectivity index (χ4n) is 3.39. The van der Waals surface area contributed by atoms with Gasteiger partial charge >= 0.3 is 0 Å². The minimum Gasteiger partial charge on any atom is -0.494 e. The number of methoxy groups -OCH3 is 1. The van der Waals surface area contributed by atoms with Gasteiger partial charge in [0.2, 0.25) is 11.8 Å². The molecule has 0 spiro atoms. The van der Waals surface area contributed by atoms with E-state index in [9.17, 15) is 14.0 Å². The van der Waals surface area contributed by atoms with E-state index in [4.69, 9.17) is 16.3 Å². The summed E-state index contributed by atoms with van der Waals surface area (Å²) in [5.41, 5.74) is 1.51. The molecule has 1 atom stereocenters. The molecule has 5 nitrogen and oxygen atoms in total. The van der Waals surface area contributed by atoms with Crippen LogP contribution in [0.1, 0.15) is 17.5 Å². The Morgan fingerprint density at radius 2 is 2.07 bits per heavy atom. The molecular formula is C21H22ClFN2O3. The summed E-state index contributed by atoms with van der Waals surface area (Å²) in [6, 6.07) is 12.0.